The zero-order valence-electron chi connectivity index (χ0n) is 20.2. The third kappa shape index (κ3) is 7.80. The summed E-state index contributed by atoms with van der Waals surface area (Å²) in [4.78, 5) is 32.4. The first-order chi connectivity index (χ1) is 16.3. The van der Waals surface area contributed by atoms with Crippen LogP contribution in [0.25, 0.3) is 0 Å². The highest BCUT2D eigenvalue weighted by molar-refractivity contribution is 7.11. The van der Waals surface area contributed by atoms with E-state index >= 15 is 0 Å². The predicted molar refractivity (Wildman–Crippen MR) is 136 cm³/mol. The number of hydrogen-bond donors (Lipinski definition) is 0. The molecule has 3 rings (SSSR count). The maximum Gasteiger partial charge on any atom is 0.242 e. The van der Waals surface area contributed by atoms with Crippen molar-refractivity contribution in [3.8, 4) is 0 Å². The first kappa shape index (κ1) is 25.6. The standard InChI is InChI=1S/C28H33FN2O2S/c1-4-21(2)17-30(27(32)16-23-8-6-5-7-9-23)20-28(33)31(19-26-15-10-22(3)34-26)18-24-11-13-25(29)14-12-24/h5-15,21H,4,16-20H2,1-3H3. The van der Waals surface area contributed by atoms with Gasteiger partial charge in [0.15, 0.2) is 0 Å². The molecule has 180 valence electrons. The van der Waals surface area contributed by atoms with Crippen LogP contribution in [0.15, 0.2) is 66.7 Å². The Labute approximate surface area is 206 Å². The summed E-state index contributed by atoms with van der Waals surface area (Å²) in [5, 5.41) is 0. The summed E-state index contributed by atoms with van der Waals surface area (Å²) in [6.45, 7) is 7.61. The molecule has 0 aliphatic rings. The SMILES string of the molecule is CCC(C)CN(CC(=O)N(Cc1ccc(F)cc1)Cc1ccc(C)s1)C(=O)Cc1ccccc1. The van der Waals surface area contributed by atoms with Gasteiger partial charge in [0.2, 0.25) is 11.8 Å². The number of benzene rings is 2. The van der Waals surface area contributed by atoms with Crippen molar-refractivity contribution < 1.29 is 14.0 Å². The third-order valence-corrected chi connectivity index (χ3v) is 6.87. The number of nitrogens with zero attached hydrogens (tertiary/aromatic N) is 2. The van der Waals surface area contributed by atoms with Crippen LogP contribution in [0.3, 0.4) is 0 Å². The molecule has 0 saturated carbocycles. The summed E-state index contributed by atoms with van der Waals surface area (Å²) in [5.74, 6) is -0.173. The first-order valence-electron chi connectivity index (χ1n) is 11.7. The molecule has 6 heteroatoms. The number of thiophene rings is 1. The van der Waals surface area contributed by atoms with E-state index in [2.05, 4.69) is 13.8 Å². The second-order valence-corrected chi connectivity index (χ2v) is 10.2. The summed E-state index contributed by atoms with van der Waals surface area (Å²) in [6.07, 6.45) is 1.20. The van der Waals surface area contributed by atoms with E-state index in [1.54, 1.807) is 33.3 Å². The van der Waals surface area contributed by atoms with Crippen molar-refractivity contribution in [3.63, 3.8) is 0 Å². The number of carbonyl (C=O) groups excluding carboxylic acids is 2. The van der Waals surface area contributed by atoms with Gasteiger partial charge in [0.05, 0.1) is 19.5 Å². The summed E-state index contributed by atoms with van der Waals surface area (Å²) < 4.78 is 13.4. The largest absolute Gasteiger partial charge is 0.333 e. The van der Waals surface area contributed by atoms with E-state index in [1.807, 2.05) is 49.4 Å². The second kappa shape index (κ2) is 12.5. The molecule has 0 spiro atoms. The molecule has 2 amide bonds. The molecule has 0 fully saturated rings. The van der Waals surface area contributed by atoms with Gasteiger partial charge in [0.1, 0.15) is 5.82 Å². The monoisotopic (exact) mass is 480 g/mol. The average molecular weight is 481 g/mol. The molecule has 0 radical (unpaired) electrons. The molecule has 1 unspecified atom stereocenters. The fourth-order valence-corrected chi connectivity index (χ4v) is 4.61. The lowest BCUT2D eigenvalue weighted by Gasteiger charge is -2.29. The van der Waals surface area contributed by atoms with E-state index in [0.717, 1.165) is 22.4 Å². The Hall–Kier alpha value is -2.99. The summed E-state index contributed by atoms with van der Waals surface area (Å²) in [6, 6.07) is 19.9. The lowest BCUT2D eigenvalue weighted by atomic mass is 10.1. The van der Waals surface area contributed by atoms with Gasteiger partial charge in [-0.05, 0) is 48.2 Å². The zero-order chi connectivity index (χ0) is 24.5. The Bertz CT molecular complexity index is 1070. The Morgan fingerprint density at radius 3 is 2.21 bits per heavy atom. The van der Waals surface area contributed by atoms with Gasteiger partial charge in [-0.25, -0.2) is 4.39 Å². The van der Waals surface area contributed by atoms with Crippen LogP contribution in [0.1, 0.15) is 41.1 Å². The highest BCUT2D eigenvalue weighted by Gasteiger charge is 2.23. The van der Waals surface area contributed by atoms with Gasteiger partial charge in [-0.3, -0.25) is 9.59 Å². The van der Waals surface area contributed by atoms with Crippen LogP contribution in [0.5, 0.6) is 0 Å². The van der Waals surface area contributed by atoms with Crippen LogP contribution < -0.4 is 0 Å². The van der Waals surface area contributed by atoms with Crippen molar-refractivity contribution in [1.29, 1.82) is 0 Å². The lowest BCUT2D eigenvalue weighted by molar-refractivity contribution is -0.141. The van der Waals surface area contributed by atoms with E-state index in [0.29, 0.717) is 19.6 Å². The molecule has 0 saturated heterocycles. The number of aryl methyl sites for hydroxylation is 1. The van der Waals surface area contributed by atoms with Crippen molar-refractivity contribution in [3.05, 3.63) is 93.4 Å². The predicted octanol–water partition coefficient (Wildman–Crippen LogP) is 5.84. The van der Waals surface area contributed by atoms with Crippen LogP contribution in [0.4, 0.5) is 4.39 Å². The fraction of sp³-hybridized carbons (Fsp3) is 0.357. The Morgan fingerprint density at radius 1 is 0.882 bits per heavy atom. The van der Waals surface area contributed by atoms with E-state index in [-0.39, 0.29) is 36.5 Å². The normalized spacial score (nSPS) is 11.8. The van der Waals surface area contributed by atoms with E-state index in [9.17, 15) is 14.0 Å². The van der Waals surface area contributed by atoms with Crippen molar-refractivity contribution in [2.24, 2.45) is 5.92 Å². The first-order valence-corrected chi connectivity index (χ1v) is 12.5. The van der Waals surface area contributed by atoms with Crippen molar-refractivity contribution in [2.45, 2.75) is 46.7 Å². The molecule has 3 aromatic rings. The summed E-state index contributed by atoms with van der Waals surface area (Å²) in [5.41, 5.74) is 1.79. The summed E-state index contributed by atoms with van der Waals surface area (Å²) >= 11 is 1.65. The quantitative estimate of drug-likeness (QED) is 0.346. The maximum absolute atomic E-state index is 13.5. The zero-order valence-corrected chi connectivity index (χ0v) is 21.0. The lowest BCUT2D eigenvalue weighted by Crippen LogP contribution is -2.44. The van der Waals surface area contributed by atoms with Crippen LogP contribution in [-0.2, 0) is 29.1 Å². The molecule has 2 aromatic carbocycles. The number of amides is 2. The minimum absolute atomic E-state index is 0.0293. The van der Waals surface area contributed by atoms with Gasteiger partial charge in [-0.2, -0.15) is 0 Å². The van der Waals surface area contributed by atoms with Crippen molar-refractivity contribution >= 4 is 23.2 Å². The molecular weight excluding hydrogens is 447 g/mol. The highest BCUT2D eigenvalue weighted by Crippen LogP contribution is 2.19. The van der Waals surface area contributed by atoms with Gasteiger partial charge < -0.3 is 9.80 Å². The second-order valence-electron chi connectivity index (χ2n) is 8.84. The van der Waals surface area contributed by atoms with E-state index < -0.39 is 0 Å². The molecule has 34 heavy (non-hydrogen) atoms. The van der Waals surface area contributed by atoms with E-state index in [4.69, 9.17) is 0 Å². The van der Waals surface area contributed by atoms with Gasteiger partial charge in [-0.1, -0.05) is 62.7 Å². The molecule has 1 heterocycles. The molecular formula is C28H33FN2O2S. The van der Waals surface area contributed by atoms with Gasteiger partial charge in [0.25, 0.3) is 0 Å². The fourth-order valence-electron chi connectivity index (χ4n) is 3.71. The molecule has 0 N–H and O–H groups in total. The minimum atomic E-state index is -0.304. The molecule has 1 atom stereocenters. The molecule has 0 aliphatic carbocycles. The molecule has 4 nitrogen and oxygen atoms in total. The highest BCUT2D eigenvalue weighted by atomic mass is 32.1. The van der Waals surface area contributed by atoms with Crippen LogP contribution >= 0.6 is 11.3 Å². The third-order valence-electron chi connectivity index (χ3n) is 5.89. The number of rotatable bonds is 11. The Kier molecular flexibility index (Phi) is 9.40. The smallest absolute Gasteiger partial charge is 0.242 e. The van der Waals surface area contributed by atoms with Gasteiger partial charge in [-0.15, -0.1) is 11.3 Å². The van der Waals surface area contributed by atoms with Gasteiger partial charge >= 0.3 is 0 Å². The summed E-state index contributed by atoms with van der Waals surface area (Å²) in [7, 11) is 0. The average Bonchev–Trinajstić information content (AvgIpc) is 3.24. The minimum Gasteiger partial charge on any atom is -0.333 e. The topological polar surface area (TPSA) is 40.6 Å². The Balaban J connectivity index is 1.78. The van der Waals surface area contributed by atoms with Crippen LogP contribution in [0.2, 0.25) is 0 Å². The molecule has 1 aromatic heterocycles. The molecule has 0 bridgehead atoms. The van der Waals surface area contributed by atoms with Crippen LogP contribution in [0, 0.1) is 18.7 Å². The van der Waals surface area contributed by atoms with Crippen molar-refractivity contribution in [1.82, 2.24) is 9.80 Å². The van der Waals surface area contributed by atoms with E-state index in [1.165, 1.54) is 17.0 Å². The van der Waals surface area contributed by atoms with Crippen molar-refractivity contribution in [2.75, 3.05) is 13.1 Å². The van der Waals surface area contributed by atoms with Gasteiger partial charge in [0, 0.05) is 22.8 Å². The van der Waals surface area contributed by atoms with Crippen LogP contribution in [-0.4, -0.2) is 34.7 Å². The number of carbonyl (C=O) groups is 2. The Morgan fingerprint density at radius 2 is 1.59 bits per heavy atom. The molecule has 0 aliphatic heterocycles. The maximum atomic E-state index is 13.5. The number of halogens is 1. The number of hydrogen-bond acceptors (Lipinski definition) is 3.